The van der Waals surface area contributed by atoms with E-state index in [-0.39, 0.29) is 0 Å². The van der Waals surface area contributed by atoms with E-state index in [0.29, 0.717) is 17.3 Å². The van der Waals surface area contributed by atoms with Gasteiger partial charge in [0, 0.05) is 18.0 Å². The minimum atomic E-state index is -3.32. The van der Waals surface area contributed by atoms with E-state index in [1.54, 1.807) is 12.1 Å². The van der Waals surface area contributed by atoms with Gasteiger partial charge in [-0.25, -0.2) is 13.1 Å². The molecule has 0 radical (unpaired) electrons. The van der Waals surface area contributed by atoms with Gasteiger partial charge in [-0.05, 0) is 18.6 Å². The van der Waals surface area contributed by atoms with Crippen molar-refractivity contribution < 1.29 is 8.42 Å². The van der Waals surface area contributed by atoms with Gasteiger partial charge in [-0.2, -0.15) is 0 Å². The van der Waals surface area contributed by atoms with Gasteiger partial charge in [0.15, 0.2) is 0 Å². The first kappa shape index (κ1) is 13.6. The first-order chi connectivity index (χ1) is 7.60. The normalized spacial score (nSPS) is 11.9. The number of hydrogen-bond acceptors (Lipinski definition) is 4. The largest absolute Gasteiger partial charge is 0.326 e. The fourth-order valence-electron chi connectivity index (χ4n) is 1.27. The van der Waals surface area contributed by atoms with Gasteiger partial charge in [0.25, 0.3) is 0 Å². The van der Waals surface area contributed by atoms with Gasteiger partial charge in [-0.15, -0.1) is 11.3 Å². The van der Waals surface area contributed by atoms with Gasteiger partial charge in [0.1, 0.15) is 4.21 Å². The smallest absolute Gasteiger partial charge is 0.250 e. The molecule has 0 saturated heterocycles. The van der Waals surface area contributed by atoms with E-state index in [0.717, 1.165) is 24.1 Å². The Morgan fingerprint density at radius 1 is 1.38 bits per heavy atom. The lowest BCUT2D eigenvalue weighted by Gasteiger charge is -2.03. The van der Waals surface area contributed by atoms with Crippen molar-refractivity contribution in [3.8, 4) is 0 Å². The lowest BCUT2D eigenvalue weighted by atomic mass is 10.3. The Kier molecular flexibility index (Phi) is 5.40. The zero-order valence-electron chi connectivity index (χ0n) is 9.40. The van der Waals surface area contributed by atoms with Gasteiger partial charge >= 0.3 is 0 Å². The first-order valence-electron chi connectivity index (χ1n) is 5.38. The third-order valence-corrected chi connectivity index (χ3v) is 5.24. The van der Waals surface area contributed by atoms with Crippen LogP contribution in [-0.4, -0.2) is 15.0 Å². The minimum Gasteiger partial charge on any atom is -0.326 e. The van der Waals surface area contributed by atoms with E-state index in [2.05, 4.69) is 11.6 Å². The zero-order chi connectivity index (χ0) is 12.0. The Hall–Kier alpha value is -0.430. The molecule has 0 bridgehead atoms. The third-order valence-electron chi connectivity index (χ3n) is 2.18. The molecule has 4 nitrogen and oxygen atoms in total. The van der Waals surface area contributed by atoms with Gasteiger partial charge in [-0.3, -0.25) is 0 Å². The summed E-state index contributed by atoms with van der Waals surface area (Å²) in [6.45, 7) is 2.98. The molecule has 1 heterocycles. The number of hydrogen-bond donors (Lipinski definition) is 2. The minimum absolute atomic E-state index is 0.351. The quantitative estimate of drug-likeness (QED) is 0.734. The number of unbranched alkanes of at least 4 members (excludes halogenated alkanes) is 2. The number of thiophene rings is 1. The van der Waals surface area contributed by atoms with Crippen LogP contribution in [0.5, 0.6) is 0 Å². The number of rotatable bonds is 7. The average Bonchev–Trinajstić information content (AvgIpc) is 2.73. The highest BCUT2D eigenvalue weighted by Crippen LogP contribution is 2.20. The molecule has 16 heavy (non-hydrogen) atoms. The first-order valence-corrected chi connectivity index (χ1v) is 7.68. The monoisotopic (exact) mass is 262 g/mol. The van der Waals surface area contributed by atoms with E-state index < -0.39 is 10.0 Å². The highest BCUT2D eigenvalue weighted by atomic mass is 32.2. The number of sulfonamides is 1. The Morgan fingerprint density at radius 3 is 2.69 bits per heavy atom. The lowest BCUT2D eigenvalue weighted by Crippen LogP contribution is -2.23. The molecule has 0 aliphatic heterocycles. The molecular formula is C10H18N2O2S2. The maximum atomic E-state index is 11.8. The predicted molar refractivity (Wildman–Crippen MR) is 66.9 cm³/mol. The molecule has 1 aromatic rings. The molecule has 0 aromatic carbocycles. The summed E-state index contributed by atoms with van der Waals surface area (Å²) in [4.78, 5) is 0.883. The summed E-state index contributed by atoms with van der Waals surface area (Å²) in [5.41, 5.74) is 5.44. The van der Waals surface area contributed by atoms with Crippen molar-refractivity contribution >= 4 is 21.4 Å². The second-order valence-electron chi connectivity index (χ2n) is 3.53. The molecule has 0 aliphatic carbocycles. The summed E-state index contributed by atoms with van der Waals surface area (Å²) in [6.07, 6.45) is 3.00. The molecule has 92 valence electrons. The van der Waals surface area contributed by atoms with E-state index in [9.17, 15) is 8.42 Å². The summed E-state index contributed by atoms with van der Waals surface area (Å²) in [5, 5.41) is 0. The molecule has 0 amide bonds. The van der Waals surface area contributed by atoms with Crippen LogP contribution < -0.4 is 10.5 Å². The van der Waals surface area contributed by atoms with Crippen LogP contribution in [0.15, 0.2) is 16.3 Å². The van der Waals surface area contributed by atoms with Crippen LogP contribution in [0.1, 0.15) is 31.1 Å². The van der Waals surface area contributed by atoms with Crippen LogP contribution in [0.25, 0.3) is 0 Å². The average molecular weight is 262 g/mol. The Balaban J connectivity index is 2.56. The third kappa shape index (κ3) is 3.86. The van der Waals surface area contributed by atoms with Crippen LogP contribution in [0.2, 0.25) is 0 Å². The summed E-state index contributed by atoms with van der Waals surface area (Å²) in [7, 11) is -3.32. The van der Waals surface area contributed by atoms with Crippen molar-refractivity contribution in [3.05, 3.63) is 17.0 Å². The molecular weight excluding hydrogens is 244 g/mol. The molecule has 0 atom stereocenters. The highest BCUT2D eigenvalue weighted by molar-refractivity contribution is 7.91. The predicted octanol–water partition coefficient (Wildman–Crippen LogP) is 1.68. The summed E-state index contributed by atoms with van der Waals surface area (Å²) in [6, 6.07) is 3.36. The van der Waals surface area contributed by atoms with Gasteiger partial charge in [0.2, 0.25) is 10.0 Å². The second-order valence-corrected chi connectivity index (χ2v) is 6.69. The van der Waals surface area contributed by atoms with E-state index in [1.807, 2.05) is 0 Å². The molecule has 3 N–H and O–H groups in total. The Bertz CT molecular complexity index is 412. The van der Waals surface area contributed by atoms with Gasteiger partial charge in [-0.1, -0.05) is 19.8 Å². The number of nitrogens with two attached hydrogens (primary N) is 1. The fraction of sp³-hybridized carbons (Fsp3) is 0.600. The lowest BCUT2D eigenvalue weighted by molar-refractivity contribution is 0.578. The van der Waals surface area contributed by atoms with Crippen LogP contribution in [0.3, 0.4) is 0 Å². The summed E-state index contributed by atoms with van der Waals surface area (Å²) in [5.74, 6) is 0. The molecule has 6 heteroatoms. The Labute approximate surface area is 101 Å². The second kappa shape index (κ2) is 6.34. The fourth-order valence-corrected chi connectivity index (χ4v) is 3.62. The standard InChI is InChI=1S/C10H18N2O2S2/c1-2-3-4-7-12-16(13,14)10-6-5-9(8-11)15-10/h5-6,12H,2-4,7-8,11H2,1H3. The Morgan fingerprint density at radius 2 is 2.12 bits per heavy atom. The maximum absolute atomic E-state index is 11.8. The SMILES string of the molecule is CCCCCNS(=O)(=O)c1ccc(CN)s1. The van der Waals surface area contributed by atoms with Crippen molar-refractivity contribution in [3.63, 3.8) is 0 Å². The molecule has 0 fully saturated rings. The van der Waals surface area contributed by atoms with Crippen LogP contribution in [0, 0.1) is 0 Å². The summed E-state index contributed by atoms with van der Waals surface area (Å²) >= 11 is 1.23. The topological polar surface area (TPSA) is 72.2 Å². The zero-order valence-corrected chi connectivity index (χ0v) is 11.0. The van der Waals surface area contributed by atoms with E-state index in [4.69, 9.17) is 5.73 Å². The van der Waals surface area contributed by atoms with Crippen LogP contribution in [0.4, 0.5) is 0 Å². The van der Waals surface area contributed by atoms with Gasteiger partial charge < -0.3 is 5.73 Å². The molecule has 1 rings (SSSR count). The molecule has 0 unspecified atom stereocenters. The number of nitrogens with one attached hydrogen (secondary N) is 1. The van der Waals surface area contributed by atoms with Crippen molar-refractivity contribution in [2.45, 2.75) is 36.9 Å². The molecule has 0 saturated carbocycles. The van der Waals surface area contributed by atoms with Crippen molar-refractivity contribution in [2.24, 2.45) is 5.73 Å². The van der Waals surface area contributed by atoms with Crippen molar-refractivity contribution in [1.29, 1.82) is 0 Å². The van der Waals surface area contributed by atoms with E-state index >= 15 is 0 Å². The van der Waals surface area contributed by atoms with E-state index in [1.165, 1.54) is 11.3 Å². The van der Waals surface area contributed by atoms with Crippen LogP contribution in [-0.2, 0) is 16.6 Å². The van der Waals surface area contributed by atoms with Gasteiger partial charge in [0.05, 0.1) is 0 Å². The van der Waals surface area contributed by atoms with Crippen LogP contribution >= 0.6 is 11.3 Å². The highest BCUT2D eigenvalue weighted by Gasteiger charge is 2.15. The maximum Gasteiger partial charge on any atom is 0.250 e. The van der Waals surface area contributed by atoms with Crippen molar-refractivity contribution in [2.75, 3.05) is 6.54 Å². The molecule has 1 aromatic heterocycles. The molecule has 0 spiro atoms. The molecule has 0 aliphatic rings. The van der Waals surface area contributed by atoms with Crippen molar-refractivity contribution in [1.82, 2.24) is 4.72 Å². The summed E-state index contributed by atoms with van der Waals surface area (Å²) < 4.78 is 26.5.